The summed E-state index contributed by atoms with van der Waals surface area (Å²) in [5.74, 6) is -3.90. The highest BCUT2D eigenvalue weighted by Crippen LogP contribution is 2.17. The molecule has 0 fully saturated rings. The van der Waals surface area contributed by atoms with Gasteiger partial charge in [0.15, 0.2) is 0 Å². The summed E-state index contributed by atoms with van der Waals surface area (Å²) in [7, 11) is 0. The average Bonchev–Trinajstić information content (AvgIpc) is 2.55. The zero-order valence-electron chi connectivity index (χ0n) is 12.6. The molecule has 122 valence electrons. The quantitative estimate of drug-likeness (QED) is 0.849. The van der Waals surface area contributed by atoms with E-state index in [1.165, 1.54) is 0 Å². The van der Waals surface area contributed by atoms with E-state index in [-0.39, 0.29) is 5.56 Å². The van der Waals surface area contributed by atoms with Crippen molar-refractivity contribution >= 4 is 17.5 Å². The third kappa shape index (κ3) is 4.14. The van der Waals surface area contributed by atoms with Crippen LogP contribution in [-0.2, 0) is 9.59 Å². The second-order valence-corrected chi connectivity index (χ2v) is 5.02. The maximum Gasteiger partial charge on any atom is 0.313 e. The van der Waals surface area contributed by atoms with Crippen LogP contribution in [0, 0.1) is 29.9 Å². The van der Waals surface area contributed by atoms with Crippen LogP contribution in [0.5, 0.6) is 0 Å². The summed E-state index contributed by atoms with van der Waals surface area (Å²) in [6, 6.07) is 9.56. The number of carbonyl (C=O) groups excluding carboxylic acids is 2. The number of amides is 2. The molecule has 0 aliphatic carbocycles. The van der Waals surface area contributed by atoms with Crippen molar-refractivity contribution in [3.05, 3.63) is 65.2 Å². The van der Waals surface area contributed by atoms with E-state index < -0.39 is 29.5 Å². The van der Waals surface area contributed by atoms with Crippen molar-refractivity contribution in [3.8, 4) is 6.07 Å². The first-order valence-corrected chi connectivity index (χ1v) is 6.94. The number of rotatable bonds is 3. The number of aryl methyl sites for hydroxylation is 1. The summed E-state index contributed by atoms with van der Waals surface area (Å²) in [6.45, 7) is 1.87. The number of hydrogen-bond acceptors (Lipinski definition) is 3. The predicted molar refractivity (Wildman–Crippen MR) is 82.7 cm³/mol. The second kappa shape index (κ2) is 7.33. The van der Waals surface area contributed by atoms with E-state index in [2.05, 4.69) is 10.6 Å². The van der Waals surface area contributed by atoms with E-state index in [4.69, 9.17) is 5.26 Å². The molecule has 0 aromatic heterocycles. The molecule has 1 atom stereocenters. The largest absolute Gasteiger partial charge is 0.328 e. The van der Waals surface area contributed by atoms with Crippen LogP contribution in [0.15, 0.2) is 42.5 Å². The van der Waals surface area contributed by atoms with Crippen LogP contribution in [0.1, 0.15) is 17.2 Å². The first kappa shape index (κ1) is 17.1. The Morgan fingerprint density at radius 3 is 2.33 bits per heavy atom. The number of hydrogen-bond donors (Lipinski definition) is 2. The van der Waals surface area contributed by atoms with Crippen LogP contribution in [-0.4, -0.2) is 11.8 Å². The summed E-state index contributed by atoms with van der Waals surface area (Å²) in [4.78, 5) is 23.7. The number of benzene rings is 2. The molecule has 0 unspecified atom stereocenters. The van der Waals surface area contributed by atoms with E-state index in [0.29, 0.717) is 11.8 Å². The first-order chi connectivity index (χ1) is 11.4. The Hall–Kier alpha value is -3.27. The van der Waals surface area contributed by atoms with E-state index in [1.54, 1.807) is 30.3 Å². The molecular weight excluding hydrogens is 316 g/mol. The lowest BCUT2D eigenvalue weighted by Gasteiger charge is -2.13. The minimum atomic E-state index is -1.41. The molecule has 5 nitrogen and oxygen atoms in total. The van der Waals surface area contributed by atoms with Gasteiger partial charge in [-0.3, -0.25) is 9.59 Å². The highest BCUT2D eigenvalue weighted by molar-refractivity contribution is 6.39. The molecule has 2 aromatic rings. The summed E-state index contributed by atoms with van der Waals surface area (Å²) in [6.07, 6.45) is 0. The zero-order chi connectivity index (χ0) is 17.7. The molecule has 2 aromatic carbocycles. The maximum absolute atomic E-state index is 13.7. The topological polar surface area (TPSA) is 82.0 Å². The van der Waals surface area contributed by atoms with Gasteiger partial charge in [-0.25, -0.2) is 8.78 Å². The molecule has 0 aliphatic heterocycles. The Morgan fingerprint density at radius 2 is 1.75 bits per heavy atom. The Bertz CT molecular complexity index is 814. The molecule has 0 heterocycles. The average molecular weight is 329 g/mol. The smallest absolute Gasteiger partial charge is 0.313 e. The Balaban J connectivity index is 2.07. The molecule has 0 spiro atoms. The number of nitrogens with one attached hydrogen (secondary N) is 2. The fourth-order valence-electron chi connectivity index (χ4n) is 1.94. The van der Waals surface area contributed by atoms with Gasteiger partial charge in [-0.05, 0) is 25.1 Å². The van der Waals surface area contributed by atoms with Crippen LogP contribution in [0.2, 0.25) is 0 Å². The monoisotopic (exact) mass is 329 g/mol. The van der Waals surface area contributed by atoms with Gasteiger partial charge in [0, 0.05) is 17.3 Å². The van der Waals surface area contributed by atoms with Gasteiger partial charge in [0.2, 0.25) is 0 Å². The normalized spacial score (nSPS) is 11.2. The second-order valence-electron chi connectivity index (χ2n) is 5.02. The molecule has 24 heavy (non-hydrogen) atoms. The fraction of sp³-hybridized carbons (Fsp3) is 0.118. The third-order valence-electron chi connectivity index (χ3n) is 3.19. The number of carbonyl (C=O) groups is 2. The molecular formula is C17H13F2N3O2. The van der Waals surface area contributed by atoms with Crippen LogP contribution >= 0.6 is 0 Å². The third-order valence-corrected chi connectivity index (χ3v) is 3.19. The summed E-state index contributed by atoms with van der Waals surface area (Å²) in [5, 5.41) is 13.5. The predicted octanol–water partition coefficient (Wildman–Crippen LogP) is 2.59. The molecule has 0 aliphatic rings. The summed E-state index contributed by atoms with van der Waals surface area (Å²) >= 11 is 0. The minimum absolute atomic E-state index is 0.226. The van der Waals surface area contributed by atoms with Crippen LogP contribution in [0.3, 0.4) is 0 Å². The highest BCUT2D eigenvalue weighted by atomic mass is 19.1. The SMILES string of the molecule is Cc1ccc(NC(=O)C(=O)N[C@@H](C#N)c2ccc(F)cc2F)cc1. The molecule has 0 saturated heterocycles. The van der Waals surface area contributed by atoms with Crippen molar-refractivity contribution in [2.24, 2.45) is 0 Å². The molecule has 0 bridgehead atoms. The molecule has 0 radical (unpaired) electrons. The molecule has 2 amide bonds. The zero-order valence-corrected chi connectivity index (χ0v) is 12.6. The van der Waals surface area contributed by atoms with Gasteiger partial charge >= 0.3 is 11.8 Å². The van der Waals surface area contributed by atoms with Gasteiger partial charge in [-0.1, -0.05) is 23.8 Å². The minimum Gasteiger partial charge on any atom is -0.328 e. The van der Waals surface area contributed by atoms with Gasteiger partial charge in [-0.15, -0.1) is 0 Å². The maximum atomic E-state index is 13.7. The Kier molecular flexibility index (Phi) is 5.22. The molecule has 7 heteroatoms. The lowest BCUT2D eigenvalue weighted by atomic mass is 10.1. The van der Waals surface area contributed by atoms with Crippen molar-refractivity contribution in [1.82, 2.24) is 5.32 Å². The molecule has 0 saturated carbocycles. The number of anilines is 1. The van der Waals surface area contributed by atoms with Gasteiger partial charge in [0.1, 0.15) is 17.7 Å². The van der Waals surface area contributed by atoms with Crippen LogP contribution in [0.25, 0.3) is 0 Å². The van der Waals surface area contributed by atoms with Gasteiger partial charge in [-0.2, -0.15) is 5.26 Å². The van der Waals surface area contributed by atoms with Gasteiger partial charge < -0.3 is 10.6 Å². The van der Waals surface area contributed by atoms with Crippen molar-refractivity contribution in [2.45, 2.75) is 13.0 Å². The standard InChI is InChI=1S/C17H13F2N3O2/c1-10-2-5-12(6-3-10)21-16(23)17(24)22-15(9-20)13-7-4-11(18)8-14(13)19/h2-8,15H,1H3,(H,21,23)(H,22,24)/t15-/m0/s1. The molecule has 2 N–H and O–H groups in total. The number of nitrogens with zero attached hydrogens (tertiary/aromatic N) is 1. The van der Waals surface area contributed by atoms with Crippen LogP contribution in [0.4, 0.5) is 14.5 Å². The lowest BCUT2D eigenvalue weighted by Crippen LogP contribution is -2.37. The summed E-state index contributed by atoms with van der Waals surface area (Å²) in [5.41, 5.74) is 1.16. The summed E-state index contributed by atoms with van der Waals surface area (Å²) < 4.78 is 26.6. The van der Waals surface area contributed by atoms with Crippen molar-refractivity contribution in [2.75, 3.05) is 5.32 Å². The Morgan fingerprint density at radius 1 is 1.08 bits per heavy atom. The van der Waals surface area contributed by atoms with E-state index >= 15 is 0 Å². The van der Waals surface area contributed by atoms with Crippen molar-refractivity contribution in [1.29, 1.82) is 5.26 Å². The number of halogens is 2. The lowest BCUT2D eigenvalue weighted by molar-refractivity contribution is -0.136. The highest BCUT2D eigenvalue weighted by Gasteiger charge is 2.22. The number of nitriles is 1. The van der Waals surface area contributed by atoms with E-state index in [9.17, 15) is 18.4 Å². The van der Waals surface area contributed by atoms with Crippen molar-refractivity contribution in [3.63, 3.8) is 0 Å². The first-order valence-electron chi connectivity index (χ1n) is 6.94. The van der Waals surface area contributed by atoms with E-state index in [0.717, 1.165) is 17.7 Å². The van der Waals surface area contributed by atoms with E-state index in [1.807, 2.05) is 6.92 Å². The van der Waals surface area contributed by atoms with Gasteiger partial charge in [0.05, 0.1) is 6.07 Å². The van der Waals surface area contributed by atoms with Crippen molar-refractivity contribution < 1.29 is 18.4 Å². The van der Waals surface area contributed by atoms with Crippen LogP contribution < -0.4 is 10.6 Å². The Labute approximate surface area is 136 Å². The molecule has 2 rings (SSSR count). The van der Waals surface area contributed by atoms with Gasteiger partial charge in [0.25, 0.3) is 0 Å². The fourth-order valence-corrected chi connectivity index (χ4v) is 1.94.